The van der Waals surface area contributed by atoms with Crippen molar-refractivity contribution < 1.29 is 4.79 Å². The first-order chi connectivity index (χ1) is 7.50. The zero-order valence-electron chi connectivity index (χ0n) is 10.1. The van der Waals surface area contributed by atoms with Crippen molar-refractivity contribution in [3.8, 4) is 0 Å². The topological polar surface area (TPSA) is 55.1 Å². The molecule has 0 aliphatic heterocycles. The second kappa shape index (κ2) is 5.89. The van der Waals surface area contributed by atoms with E-state index in [1.54, 1.807) is 6.07 Å². The van der Waals surface area contributed by atoms with E-state index in [1.165, 1.54) is 11.3 Å². The van der Waals surface area contributed by atoms with Gasteiger partial charge >= 0.3 is 0 Å². The Kier molecular flexibility index (Phi) is 4.80. The highest BCUT2D eigenvalue weighted by Crippen LogP contribution is 2.18. The summed E-state index contributed by atoms with van der Waals surface area (Å²) in [7, 11) is 0. The van der Waals surface area contributed by atoms with Gasteiger partial charge in [-0.15, -0.1) is 11.3 Å². The van der Waals surface area contributed by atoms with Gasteiger partial charge in [-0.1, -0.05) is 13.8 Å². The van der Waals surface area contributed by atoms with Gasteiger partial charge in [0.25, 0.3) is 5.91 Å². The number of nitrogens with two attached hydrogens (primary N) is 1. The largest absolute Gasteiger partial charge is 0.397 e. The Bertz CT molecular complexity index is 347. The normalized spacial score (nSPS) is 12.8. The zero-order valence-corrected chi connectivity index (χ0v) is 10.9. The van der Waals surface area contributed by atoms with Crippen molar-refractivity contribution in [1.82, 2.24) is 5.32 Å². The Labute approximate surface area is 101 Å². The van der Waals surface area contributed by atoms with Crippen molar-refractivity contribution >= 4 is 22.9 Å². The molecule has 0 saturated carbocycles. The monoisotopic (exact) mass is 240 g/mol. The minimum atomic E-state index is -0.0521. The van der Waals surface area contributed by atoms with Gasteiger partial charge in [-0.2, -0.15) is 0 Å². The summed E-state index contributed by atoms with van der Waals surface area (Å²) in [6.07, 6.45) is 2.13. The molecule has 1 atom stereocenters. The summed E-state index contributed by atoms with van der Waals surface area (Å²) in [4.78, 5) is 12.4. The van der Waals surface area contributed by atoms with Crippen molar-refractivity contribution in [3.63, 3.8) is 0 Å². The lowest BCUT2D eigenvalue weighted by atomic mass is 10.0. The highest BCUT2D eigenvalue weighted by Gasteiger charge is 2.13. The molecule has 90 valence electrons. The van der Waals surface area contributed by atoms with Crippen LogP contribution in [0.5, 0.6) is 0 Å². The van der Waals surface area contributed by atoms with E-state index in [9.17, 15) is 4.79 Å². The molecule has 0 fully saturated rings. The average Bonchev–Trinajstić information content (AvgIpc) is 2.61. The first kappa shape index (κ1) is 13.0. The summed E-state index contributed by atoms with van der Waals surface area (Å²) in [5.74, 6) is 0.620. The maximum atomic E-state index is 11.8. The Hall–Kier alpha value is -1.03. The summed E-state index contributed by atoms with van der Waals surface area (Å²) in [5, 5.41) is 4.81. The molecule has 1 heterocycles. The molecule has 0 spiro atoms. The molecule has 3 nitrogen and oxygen atoms in total. The van der Waals surface area contributed by atoms with Crippen LogP contribution in [0.25, 0.3) is 0 Å². The number of anilines is 1. The van der Waals surface area contributed by atoms with Crippen LogP contribution in [0.1, 0.15) is 43.3 Å². The minimum Gasteiger partial charge on any atom is -0.397 e. The van der Waals surface area contributed by atoms with Crippen LogP contribution in [0.2, 0.25) is 0 Å². The summed E-state index contributed by atoms with van der Waals surface area (Å²) >= 11 is 1.39. The Morgan fingerprint density at radius 2 is 2.12 bits per heavy atom. The van der Waals surface area contributed by atoms with Crippen LogP contribution in [0.4, 0.5) is 5.69 Å². The third kappa shape index (κ3) is 3.85. The first-order valence-electron chi connectivity index (χ1n) is 5.64. The minimum absolute atomic E-state index is 0.0521. The summed E-state index contributed by atoms with van der Waals surface area (Å²) in [6.45, 7) is 6.40. The Balaban J connectivity index is 2.43. The van der Waals surface area contributed by atoms with Crippen LogP contribution in [0, 0.1) is 5.92 Å². The summed E-state index contributed by atoms with van der Waals surface area (Å²) in [5.41, 5.74) is 6.26. The molecule has 4 heteroatoms. The number of nitrogen functional groups attached to an aromatic ring is 1. The van der Waals surface area contributed by atoms with Gasteiger partial charge in [0.2, 0.25) is 0 Å². The number of carbonyl (C=O) groups is 1. The van der Waals surface area contributed by atoms with Crippen molar-refractivity contribution in [2.45, 2.75) is 39.7 Å². The third-order valence-electron chi connectivity index (χ3n) is 2.46. The van der Waals surface area contributed by atoms with Crippen molar-refractivity contribution in [2.75, 3.05) is 5.73 Å². The van der Waals surface area contributed by atoms with Crippen molar-refractivity contribution in [1.29, 1.82) is 0 Å². The highest BCUT2D eigenvalue weighted by molar-refractivity contribution is 7.12. The molecule has 0 aromatic carbocycles. The lowest BCUT2D eigenvalue weighted by Crippen LogP contribution is -2.32. The lowest BCUT2D eigenvalue weighted by Gasteiger charge is -2.14. The number of hydrogen-bond acceptors (Lipinski definition) is 3. The smallest absolute Gasteiger partial charge is 0.263 e. The first-order valence-corrected chi connectivity index (χ1v) is 6.52. The van der Waals surface area contributed by atoms with Crippen molar-refractivity contribution in [2.24, 2.45) is 5.92 Å². The average molecular weight is 240 g/mol. The van der Waals surface area contributed by atoms with Crippen molar-refractivity contribution in [3.05, 3.63) is 16.3 Å². The fraction of sp³-hybridized carbons (Fsp3) is 0.583. The summed E-state index contributed by atoms with van der Waals surface area (Å²) < 4.78 is 0. The van der Waals surface area contributed by atoms with Gasteiger partial charge in [0.1, 0.15) is 4.88 Å². The van der Waals surface area contributed by atoms with E-state index in [0.29, 0.717) is 16.5 Å². The molecule has 0 aliphatic rings. The van der Waals surface area contributed by atoms with Gasteiger partial charge in [0.05, 0.1) is 5.69 Å². The van der Waals surface area contributed by atoms with E-state index in [0.717, 1.165) is 12.8 Å². The highest BCUT2D eigenvalue weighted by atomic mass is 32.1. The van der Waals surface area contributed by atoms with Gasteiger partial charge in [0, 0.05) is 6.04 Å². The van der Waals surface area contributed by atoms with E-state index in [-0.39, 0.29) is 11.9 Å². The molecule has 1 amide bonds. The molecule has 1 aromatic heterocycles. The number of amides is 1. The molecule has 0 bridgehead atoms. The van der Waals surface area contributed by atoms with E-state index < -0.39 is 0 Å². The molecule has 16 heavy (non-hydrogen) atoms. The quantitative estimate of drug-likeness (QED) is 0.831. The molecule has 3 N–H and O–H groups in total. The number of thiophene rings is 1. The zero-order chi connectivity index (χ0) is 12.1. The van der Waals surface area contributed by atoms with Crippen LogP contribution in [-0.4, -0.2) is 11.9 Å². The van der Waals surface area contributed by atoms with Gasteiger partial charge < -0.3 is 11.1 Å². The molecular weight excluding hydrogens is 220 g/mol. The lowest BCUT2D eigenvalue weighted by molar-refractivity contribution is 0.0942. The summed E-state index contributed by atoms with van der Waals surface area (Å²) in [6, 6.07) is 1.97. The number of hydrogen-bond donors (Lipinski definition) is 2. The standard InChI is InChI=1S/C12H20N2OS/c1-8(2)4-5-9(3)14-12(15)11-10(13)6-7-16-11/h6-9H,4-5,13H2,1-3H3,(H,14,15). The molecule has 1 unspecified atom stereocenters. The van der Waals surface area contributed by atoms with Gasteiger partial charge in [-0.25, -0.2) is 0 Å². The predicted molar refractivity (Wildman–Crippen MR) is 69.7 cm³/mol. The molecule has 1 aromatic rings. The number of rotatable bonds is 5. The van der Waals surface area contributed by atoms with Gasteiger partial charge in [0.15, 0.2) is 0 Å². The van der Waals surface area contributed by atoms with Gasteiger partial charge in [-0.05, 0) is 37.1 Å². The van der Waals surface area contributed by atoms with E-state index >= 15 is 0 Å². The molecule has 0 radical (unpaired) electrons. The van der Waals surface area contributed by atoms with Crippen LogP contribution in [0.15, 0.2) is 11.4 Å². The van der Waals surface area contributed by atoms with E-state index in [1.807, 2.05) is 12.3 Å². The second-order valence-electron chi connectivity index (χ2n) is 4.55. The number of carbonyl (C=O) groups excluding carboxylic acids is 1. The van der Waals surface area contributed by atoms with Crippen LogP contribution in [0.3, 0.4) is 0 Å². The Morgan fingerprint density at radius 3 is 2.62 bits per heavy atom. The van der Waals surface area contributed by atoms with Crippen LogP contribution >= 0.6 is 11.3 Å². The Morgan fingerprint density at radius 1 is 1.44 bits per heavy atom. The van der Waals surface area contributed by atoms with E-state index in [4.69, 9.17) is 5.73 Å². The van der Waals surface area contributed by atoms with Gasteiger partial charge in [-0.3, -0.25) is 4.79 Å². The third-order valence-corrected chi connectivity index (χ3v) is 3.39. The van der Waals surface area contributed by atoms with E-state index in [2.05, 4.69) is 19.2 Å². The fourth-order valence-electron chi connectivity index (χ4n) is 1.45. The molecule has 1 rings (SSSR count). The van der Waals surface area contributed by atoms with Crippen LogP contribution < -0.4 is 11.1 Å². The fourth-order valence-corrected chi connectivity index (χ4v) is 2.17. The van der Waals surface area contributed by atoms with Crippen LogP contribution in [-0.2, 0) is 0 Å². The molecular formula is C12H20N2OS. The second-order valence-corrected chi connectivity index (χ2v) is 5.47. The SMILES string of the molecule is CC(C)CCC(C)NC(=O)c1sccc1N. The predicted octanol–water partition coefficient (Wildman–Crippen LogP) is 2.88. The number of nitrogens with one attached hydrogen (secondary N) is 1. The maximum absolute atomic E-state index is 11.8. The maximum Gasteiger partial charge on any atom is 0.263 e. The molecule has 0 aliphatic carbocycles. The molecule has 0 saturated heterocycles.